The van der Waals surface area contributed by atoms with Crippen molar-refractivity contribution in [1.82, 2.24) is 10.2 Å². The Morgan fingerprint density at radius 2 is 1.75 bits per heavy atom. The van der Waals surface area contributed by atoms with E-state index in [1.54, 1.807) is 24.3 Å². The monoisotopic (exact) mass is 386 g/mol. The van der Waals surface area contributed by atoms with Gasteiger partial charge in [0, 0.05) is 6.04 Å². The summed E-state index contributed by atoms with van der Waals surface area (Å²) in [4.78, 5) is 50.1. The van der Waals surface area contributed by atoms with E-state index in [4.69, 9.17) is 4.74 Å². The number of esters is 1. The maximum absolute atomic E-state index is 12.4. The molecule has 28 heavy (non-hydrogen) atoms. The van der Waals surface area contributed by atoms with Crippen molar-refractivity contribution in [3.8, 4) is 0 Å². The second kappa shape index (κ2) is 8.12. The predicted octanol–water partition coefficient (Wildman–Crippen LogP) is 2.16. The molecule has 0 bridgehead atoms. The molecule has 0 unspecified atom stereocenters. The van der Waals surface area contributed by atoms with Crippen LogP contribution < -0.4 is 5.32 Å². The van der Waals surface area contributed by atoms with E-state index in [1.807, 2.05) is 0 Å². The molecule has 1 fully saturated rings. The highest BCUT2D eigenvalue weighted by Crippen LogP contribution is 2.29. The molecular weight excluding hydrogens is 360 g/mol. The van der Waals surface area contributed by atoms with Gasteiger partial charge in [-0.3, -0.25) is 24.1 Å². The Hall–Kier alpha value is -2.70. The van der Waals surface area contributed by atoms with E-state index >= 15 is 0 Å². The Balaban J connectivity index is 1.54. The quantitative estimate of drug-likeness (QED) is 0.618. The average molecular weight is 386 g/mol. The third-order valence-corrected chi connectivity index (χ3v) is 5.88. The number of nitrogens with zero attached hydrogens (tertiary/aromatic N) is 1. The van der Waals surface area contributed by atoms with Gasteiger partial charge in [-0.1, -0.05) is 38.8 Å². The number of amides is 3. The summed E-state index contributed by atoms with van der Waals surface area (Å²) in [5, 5.41) is 2.97. The zero-order valence-corrected chi connectivity index (χ0v) is 16.4. The molecule has 2 aliphatic rings. The first-order valence-corrected chi connectivity index (χ1v) is 9.74. The Morgan fingerprint density at radius 1 is 1.14 bits per heavy atom. The van der Waals surface area contributed by atoms with Gasteiger partial charge in [0.1, 0.15) is 6.54 Å². The van der Waals surface area contributed by atoms with Crippen LogP contribution in [0.25, 0.3) is 0 Å². The van der Waals surface area contributed by atoms with Crippen molar-refractivity contribution in [2.75, 3.05) is 6.54 Å². The third kappa shape index (κ3) is 3.93. The molecule has 7 nitrogen and oxygen atoms in total. The molecule has 1 N–H and O–H groups in total. The highest BCUT2D eigenvalue weighted by molar-refractivity contribution is 6.22. The van der Waals surface area contributed by atoms with E-state index in [-0.39, 0.29) is 23.1 Å². The summed E-state index contributed by atoms with van der Waals surface area (Å²) >= 11 is 0. The number of ether oxygens (including phenoxy) is 1. The molecule has 0 radical (unpaired) electrons. The zero-order chi connectivity index (χ0) is 20.4. The van der Waals surface area contributed by atoms with Crippen LogP contribution in [0, 0.1) is 11.8 Å². The standard InChI is InChI=1S/C21H26N2O5/c1-12-7-6-10-17(13(12)2)22-19(25)14(3)28-18(24)11-23-20(26)15-8-4-5-9-16(15)21(23)27/h4-5,8-9,12-14,17H,6-7,10-11H2,1-3H3,(H,22,25)/t12-,13+,14+,17-/m0/s1. The molecule has 4 atom stereocenters. The van der Waals surface area contributed by atoms with Gasteiger partial charge >= 0.3 is 5.97 Å². The molecule has 3 rings (SSSR count). The van der Waals surface area contributed by atoms with Gasteiger partial charge in [-0.05, 0) is 37.3 Å². The molecule has 7 heteroatoms. The molecule has 1 heterocycles. The van der Waals surface area contributed by atoms with E-state index in [9.17, 15) is 19.2 Å². The van der Waals surface area contributed by atoms with Crippen LogP contribution in [0.5, 0.6) is 0 Å². The first kappa shape index (κ1) is 20.0. The van der Waals surface area contributed by atoms with Crippen molar-refractivity contribution in [2.45, 2.75) is 52.2 Å². The fourth-order valence-corrected chi connectivity index (χ4v) is 3.89. The largest absolute Gasteiger partial charge is 0.451 e. The Kier molecular flexibility index (Phi) is 5.82. The molecule has 3 amide bonds. The highest BCUT2D eigenvalue weighted by Gasteiger charge is 2.37. The van der Waals surface area contributed by atoms with Crippen molar-refractivity contribution >= 4 is 23.7 Å². The van der Waals surface area contributed by atoms with Crippen LogP contribution in [-0.2, 0) is 14.3 Å². The minimum Gasteiger partial charge on any atom is -0.451 e. The molecule has 1 aromatic carbocycles. The normalized spacial score (nSPS) is 25.2. The van der Waals surface area contributed by atoms with Gasteiger partial charge in [-0.2, -0.15) is 0 Å². The Morgan fingerprint density at radius 3 is 2.36 bits per heavy atom. The maximum atomic E-state index is 12.4. The van der Waals surface area contributed by atoms with Crippen LogP contribution in [0.3, 0.4) is 0 Å². The van der Waals surface area contributed by atoms with Gasteiger partial charge in [0.2, 0.25) is 0 Å². The second-order valence-corrected chi connectivity index (χ2v) is 7.76. The summed E-state index contributed by atoms with van der Waals surface area (Å²) in [5.41, 5.74) is 0.540. The van der Waals surface area contributed by atoms with Gasteiger partial charge in [0.15, 0.2) is 6.10 Å². The topological polar surface area (TPSA) is 92.8 Å². The van der Waals surface area contributed by atoms with Crippen molar-refractivity contribution < 1.29 is 23.9 Å². The summed E-state index contributed by atoms with van der Waals surface area (Å²) in [6, 6.07) is 6.47. The number of benzene rings is 1. The van der Waals surface area contributed by atoms with Gasteiger partial charge in [0.25, 0.3) is 17.7 Å². The fraction of sp³-hybridized carbons (Fsp3) is 0.524. The summed E-state index contributed by atoms with van der Waals surface area (Å²) in [6.45, 7) is 5.27. The lowest BCUT2D eigenvalue weighted by molar-refractivity contribution is -0.155. The second-order valence-electron chi connectivity index (χ2n) is 7.76. The summed E-state index contributed by atoms with van der Waals surface area (Å²) in [7, 11) is 0. The maximum Gasteiger partial charge on any atom is 0.326 e. The SMILES string of the molecule is C[C@H]1[C@@H](NC(=O)[C@@H](C)OC(=O)CN2C(=O)c3ccccc3C2=O)CCC[C@@H]1C. The van der Waals surface area contributed by atoms with Crippen LogP contribution >= 0.6 is 0 Å². The molecular formula is C21H26N2O5. The van der Waals surface area contributed by atoms with Crippen LogP contribution in [0.15, 0.2) is 24.3 Å². The molecule has 0 saturated heterocycles. The number of hydrogen-bond donors (Lipinski definition) is 1. The highest BCUT2D eigenvalue weighted by atomic mass is 16.5. The van der Waals surface area contributed by atoms with Crippen molar-refractivity contribution in [3.05, 3.63) is 35.4 Å². The lowest BCUT2D eigenvalue weighted by Crippen LogP contribution is -2.48. The summed E-state index contributed by atoms with van der Waals surface area (Å²) in [6.07, 6.45) is 2.13. The van der Waals surface area contributed by atoms with Gasteiger partial charge < -0.3 is 10.1 Å². The zero-order valence-electron chi connectivity index (χ0n) is 16.4. The minimum atomic E-state index is -0.993. The molecule has 0 aromatic heterocycles. The van der Waals surface area contributed by atoms with Crippen LogP contribution in [0.4, 0.5) is 0 Å². The average Bonchev–Trinajstić information content (AvgIpc) is 2.90. The van der Waals surface area contributed by atoms with E-state index in [1.165, 1.54) is 6.92 Å². The van der Waals surface area contributed by atoms with Crippen LogP contribution in [0.2, 0.25) is 0 Å². The number of carbonyl (C=O) groups is 4. The van der Waals surface area contributed by atoms with E-state index in [0.717, 1.165) is 24.2 Å². The molecule has 0 spiro atoms. The van der Waals surface area contributed by atoms with Crippen molar-refractivity contribution in [3.63, 3.8) is 0 Å². The van der Waals surface area contributed by atoms with Crippen LogP contribution in [-0.4, -0.2) is 47.3 Å². The molecule has 150 valence electrons. The lowest BCUT2D eigenvalue weighted by atomic mass is 9.78. The first-order chi connectivity index (χ1) is 13.3. The first-order valence-electron chi connectivity index (χ1n) is 9.74. The third-order valence-electron chi connectivity index (χ3n) is 5.88. The fourth-order valence-electron chi connectivity index (χ4n) is 3.89. The van der Waals surface area contributed by atoms with Gasteiger partial charge in [-0.15, -0.1) is 0 Å². The number of rotatable bonds is 5. The van der Waals surface area contributed by atoms with E-state index < -0.39 is 30.4 Å². The number of fused-ring (bicyclic) bond motifs is 1. The van der Waals surface area contributed by atoms with Crippen molar-refractivity contribution in [1.29, 1.82) is 0 Å². The summed E-state index contributed by atoms with van der Waals surface area (Å²) < 4.78 is 5.18. The summed E-state index contributed by atoms with van der Waals surface area (Å²) in [5.74, 6) is -1.31. The molecule has 1 saturated carbocycles. The van der Waals surface area contributed by atoms with E-state index in [2.05, 4.69) is 19.2 Å². The molecule has 1 aliphatic carbocycles. The van der Waals surface area contributed by atoms with Crippen LogP contribution in [0.1, 0.15) is 60.7 Å². The van der Waals surface area contributed by atoms with Crippen molar-refractivity contribution in [2.24, 2.45) is 11.8 Å². The molecule has 1 aromatic rings. The number of carbonyl (C=O) groups excluding carboxylic acids is 4. The number of hydrogen-bond acceptors (Lipinski definition) is 5. The lowest BCUT2D eigenvalue weighted by Gasteiger charge is -2.35. The number of nitrogens with one attached hydrogen (secondary N) is 1. The minimum absolute atomic E-state index is 0.0636. The smallest absolute Gasteiger partial charge is 0.326 e. The molecule has 1 aliphatic heterocycles. The van der Waals surface area contributed by atoms with Gasteiger partial charge in [0.05, 0.1) is 11.1 Å². The number of imide groups is 1. The Bertz CT molecular complexity index is 771. The van der Waals surface area contributed by atoms with E-state index in [0.29, 0.717) is 11.8 Å². The van der Waals surface area contributed by atoms with Gasteiger partial charge in [-0.25, -0.2) is 0 Å². The Labute approximate surface area is 164 Å². The predicted molar refractivity (Wildman–Crippen MR) is 101 cm³/mol.